The zero-order valence-corrected chi connectivity index (χ0v) is 10.8. The Morgan fingerprint density at radius 3 is 2.89 bits per heavy atom. The second-order valence-electron chi connectivity index (χ2n) is 3.92. The number of nitrogens with one attached hydrogen (secondary N) is 2. The van der Waals surface area contributed by atoms with Crippen LogP contribution in [0.25, 0.3) is 0 Å². The average Bonchev–Trinajstić information content (AvgIpc) is 2.86. The highest BCUT2D eigenvalue weighted by Crippen LogP contribution is 2.11. The number of nitrogens with zero attached hydrogens (tertiary/aromatic N) is 4. The number of methoxy groups -OCH3 is 1. The van der Waals surface area contributed by atoms with Crippen LogP contribution < -0.4 is 15.0 Å². The van der Waals surface area contributed by atoms with E-state index in [1.807, 2.05) is 19.0 Å². The highest BCUT2D eigenvalue weighted by atomic mass is 16.5. The molecule has 0 aliphatic rings. The topological polar surface area (TPSA) is 96.0 Å². The smallest absolute Gasteiger partial charge is 0.336 e. The number of hydrogen-bond acceptors (Lipinski definition) is 6. The van der Waals surface area contributed by atoms with Crippen LogP contribution in [0.1, 0.15) is 10.4 Å². The molecule has 0 saturated heterocycles. The quantitative estimate of drug-likeness (QED) is 0.834. The van der Waals surface area contributed by atoms with Crippen LogP contribution in [0.5, 0.6) is 6.01 Å². The van der Waals surface area contributed by atoms with Gasteiger partial charge in [0, 0.05) is 25.9 Å². The number of hydrogen-bond donors (Lipinski definition) is 2. The summed E-state index contributed by atoms with van der Waals surface area (Å²) in [6.45, 7) is 0. The van der Waals surface area contributed by atoms with Gasteiger partial charge in [0.05, 0.1) is 7.11 Å². The van der Waals surface area contributed by atoms with E-state index >= 15 is 0 Å². The van der Waals surface area contributed by atoms with Crippen molar-refractivity contribution >= 4 is 17.7 Å². The molecule has 19 heavy (non-hydrogen) atoms. The summed E-state index contributed by atoms with van der Waals surface area (Å²) in [5.74, 6) is 0.622. The molecule has 2 aromatic heterocycles. The Morgan fingerprint density at radius 1 is 1.47 bits per heavy atom. The number of aromatic nitrogens is 4. The molecule has 1 amide bonds. The molecule has 0 radical (unpaired) electrons. The van der Waals surface area contributed by atoms with Crippen molar-refractivity contribution in [2.45, 2.75) is 0 Å². The van der Waals surface area contributed by atoms with Crippen LogP contribution in [-0.4, -0.2) is 47.3 Å². The van der Waals surface area contributed by atoms with E-state index in [4.69, 9.17) is 4.74 Å². The molecule has 2 heterocycles. The van der Waals surface area contributed by atoms with Crippen molar-refractivity contribution in [1.82, 2.24) is 20.2 Å². The third kappa shape index (κ3) is 2.97. The van der Waals surface area contributed by atoms with Gasteiger partial charge < -0.3 is 9.64 Å². The number of H-pyrrole nitrogens is 1. The normalized spacial score (nSPS) is 10.1. The fraction of sp³-hybridized carbons (Fsp3) is 0.273. The van der Waals surface area contributed by atoms with E-state index < -0.39 is 0 Å². The molecule has 100 valence electrons. The standard InChI is InChI=1S/C11H14N6O2/c1-17(2)8-6-7(4-5-12-8)9(18)13-10-14-11(19-3)16-15-10/h4-6H,1-3H3,(H2,13,14,15,16,18). The molecule has 0 bridgehead atoms. The van der Waals surface area contributed by atoms with Crippen molar-refractivity contribution in [1.29, 1.82) is 0 Å². The molecule has 8 nitrogen and oxygen atoms in total. The first kappa shape index (κ1) is 12.8. The zero-order chi connectivity index (χ0) is 13.8. The first-order chi connectivity index (χ1) is 9.10. The number of ether oxygens (including phenoxy) is 1. The zero-order valence-electron chi connectivity index (χ0n) is 10.8. The van der Waals surface area contributed by atoms with Gasteiger partial charge in [-0.25, -0.2) is 10.1 Å². The van der Waals surface area contributed by atoms with Crippen LogP contribution in [0.2, 0.25) is 0 Å². The molecule has 2 N–H and O–H groups in total. The van der Waals surface area contributed by atoms with Gasteiger partial charge in [0.1, 0.15) is 5.82 Å². The van der Waals surface area contributed by atoms with E-state index in [9.17, 15) is 4.79 Å². The number of carbonyl (C=O) groups is 1. The van der Waals surface area contributed by atoms with Gasteiger partial charge in [0.2, 0.25) is 5.95 Å². The molecular weight excluding hydrogens is 248 g/mol. The minimum Gasteiger partial charge on any atom is -0.466 e. The number of anilines is 2. The molecule has 0 spiro atoms. The number of carbonyl (C=O) groups excluding carboxylic acids is 1. The SMILES string of the molecule is COc1n[nH]c(NC(=O)c2ccnc(N(C)C)c2)n1. The molecule has 2 aromatic rings. The Kier molecular flexibility index (Phi) is 3.60. The van der Waals surface area contributed by atoms with E-state index in [0.717, 1.165) is 0 Å². The number of amides is 1. The van der Waals surface area contributed by atoms with Gasteiger partial charge in [-0.15, -0.1) is 5.10 Å². The summed E-state index contributed by atoms with van der Waals surface area (Å²) >= 11 is 0. The van der Waals surface area contributed by atoms with Crippen molar-refractivity contribution in [2.75, 3.05) is 31.4 Å². The lowest BCUT2D eigenvalue weighted by Crippen LogP contribution is -2.15. The second kappa shape index (κ2) is 5.34. The summed E-state index contributed by atoms with van der Waals surface area (Å²) in [5.41, 5.74) is 0.481. The van der Waals surface area contributed by atoms with Crippen molar-refractivity contribution in [3.05, 3.63) is 23.9 Å². The molecular formula is C11H14N6O2. The molecule has 0 aromatic carbocycles. The van der Waals surface area contributed by atoms with Gasteiger partial charge >= 0.3 is 6.01 Å². The Bertz CT molecular complexity index is 580. The van der Waals surface area contributed by atoms with Gasteiger partial charge in [-0.05, 0) is 12.1 Å². The summed E-state index contributed by atoms with van der Waals surface area (Å²) in [4.78, 5) is 21.9. The number of pyridine rings is 1. The fourth-order valence-corrected chi connectivity index (χ4v) is 1.38. The van der Waals surface area contributed by atoms with Crippen molar-refractivity contribution < 1.29 is 9.53 Å². The van der Waals surface area contributed by atoms with Crippen molar-refractivity contribution in [2.24, 2.45) is 0 Å². The summed E-state index contributed by atoms with van der Waals surface area (Å²) in [6, 6.07) is 3.47. The maximum absolute atomic E-state index is 12.0. The van der Waals surface area contributed by atoms with Gasteiger partial charge in [0.25, 0.3) is 5.91 Å². The Balaban J connectivity index is 2.13. The Hall–Kier alpha value is -2.64. The lowest BCUT2D eigenvalue weighted by molar-refractivity contribution is 0.102. The highest BCUT2D eigenvalue weighted by molar-refractivity contribution is 6.03. The Labute approximate surface area is 109 Å². The van der Waals surface area contributed by atoms with Crippen LogP contribution in [0, 0.1) is 0 Å². The molecule has 2 rings (SSSR count). The Morgan fingerprint density at radius 2 is 2.26 bits per heavy atom. The van der Waals surface area contributed by atoms with Crippen LogP contribution in [0.3, 0.4) is 0 Å². The van der Waals surface area contributed by atoms with Gasteiger partial charge in [-0.3, -0.25) is 10.1 Å². The van der Waals surface area contributed by atoms with E-state index in [2.05, 4.69) is 25.5 Å². The van der Waals surface area contributed by atoms with Crippen LogP contribution in [-0.2, 0) is 0 Å². The molecule has 8 heteroatoms. The summed E-state index contributed by atoms with van der Waals surface area (Å²) in [6.07, 6.45) is 1.57. The van der Waals surface area contributed by atoms with Gasteiger partial charge in [0.15, 0.2) is 0 Å². The maximum Gasteiger partial charge on any atom is 0.336 e. The highest BCUT2D eigenvalue weighted by Gasteiger charge is 2.11. The van der Waals surface area contributed by atoms with Crippen LogP contribution in [0.15, 0.2) is 18.3 Å². The molecule has 0 aliphatic carbocycles. The van der Waals surface area contributed by atoms with Crippen LogP contribution in [0.4, 0.5) is 11.8 Å². The minimum atomic E-state index is -0.302. The molecule has 0 aliphatic heterocycles. The first-order valence-corrected chi connectivity index (χ1v) is 5.51. The summed E-state index contributed by atoms with van der Waals surface area (Å²) in [5, 5.41) is 8.87. The molecule has 0 unspecified atom stereocenters. The van der Waals surface area contributed by atoms with Crippen molar-refractivity contribution in [3.8, 4) is 6.01 Å². The lowest BCUT2D eigenvalue weighted by Gasteiger charge is -2.11. The molecule has 0 saturated carbocycles. The summed E-state index contributed by atoms with van der Waals surface area (Å²) < 4.78 is 4.81. The number of aromatic amines is 1. The third-order valence-corrected chi connectivity index (χ3v) is 2.35. The lowest BCUT2D eigenvalue weighted by atomic mass is 10.2. The first-order valence-electron chi connectivity index (χ1n) is 5.51. The molecule has 0 fully saturated rings. The minimum absolute atomic E-state index is 0.166. The average molecular weight is 262 g/mol. The van der Waals surface area contributed by atoms with Crippen molar-refractivity contribution in [3.63, 3.8) is 0 Å². The van der Waals surface area contributed by atoms with E-state index in [1.165, 1.54) is 7.11 Å². The largest absolute Gasteiger partial charge is 0.466 e. The van der Waals surface area contributed by atoms with Gasteiger partial charge in [-0.2, -0.15) is 4.98 Å². The summed E-state index contributed by atoms with van der Waals surface area (Å²) in [7, 11) is 5.15. The van der Waals surface area contributed by atoms with E-state index in [-0.39, 0.29) is 17.9 Å². The molecule has 0 atom stereocenters. The predicted molar refractivity (Wildman–Crippen MR) is 69.5 cm³/mol. The number of rotatable bonds is 4. The van der Waals surface area contributed by atoms with E-state index in [0.29, 0.717) is 11.4 Å². The second-order valence-corrected chi connectivity index (χ2v) is 3.92. The fourth-order valence-electron chi connectivity index (χ4n) is 1.38. The van der Waals surface area contributed by atoms with Crippen LogP contribution >= 0.6 is 0 Å². The third-order valence-electron chi connectivity index (χ3n) is 2.35. The predicted octanol–water partition coefficient (Wildman–Crippen LogP) is 0.527. The monoisotopic (exact) mass is 262 g/mol. The van der Waals surface area contributed by atoms with E-state index in [1.54, 1.807) is 18.3 Å². The maximum atomic E-state index is 12.0. The van der Waals surface area contributed by atoms with Gasteiger partial charge in [-0.1, -0.05) is 0 Å².